The fraction of sp³-hybridized carbons (Fsp3) is 0.400. The normalized spacial score (nSPS) is 12.2. The number of ether oxygens (including phenoxy) is 2. The maximum atomic E-state index is 9.54. The van der Waals surface area contributed by atoms with Gasteiger partial charge < -0.3 is 24.3 Å². The summed E-state index contributed by atoms with van der Waals surface area (Å²) in [6, 6.07) is 5.70. The van der Waals surface area contributed by atoms with Crippen LogP contribution in [0.3, 0.4) is 0 Å². The lowest BCUT2D eigenvalue weighted by Crippen LogP contribution is -2.20. The second-order valence-electron chi connectivity index (χ2n) is 4.70. The average Bonchev–Trinajstić information content (AvgIpc) is 2.93. The molecular weight excluding hydrogens is 272 g/mol. The van der Waals surface area contributed by atoms with Crippen LogP contribution in [-0.4, -0.2) is 46.7 Å². The molecule has 1 aromatic carbocycles. The van der Waals surface area contributed by atoms with Gasteiger partial charge >= 0.3 is 0 Å². The number of nitrogens with zero attached hydrogens (tertiary/aromatic N) is 2. The molecule has 0 amide bonds. The summed E-state index contributed by atoms with van der Waals surface area (Å²) < 4.78 is 12.3. The number of methoxy groups -OCH3 is 2. The van der Waals surface area contributed by atoms with Gasteiger partial charge in [0.25, 0.3) is 0 Å². The van der Waals surface area contributed by atoms with Crippen molar-refractivity contribution in [2.24, 2.45) is 0 Å². The number of aliphatic hydroxyl groups is 2. The predicted molar refractivity (Wildman–Crippen MR) is 77.7 cm³/mol. The van der Waals surface area contributed by atoms with Crippen LogP contribution in [0.4, 0.5) is 0 Å². The highest BCUT2D eigenvalue weighted by atomic mass is 16.5. The molecule has 0 aliphatic rings. The van der Waals surface area contributed by atoms with Gasteiger partial charge in [0.2, 0.25) is 0 Å². The number of benzene rings is 1. The zero-order chi connectivity index (χ0) is 15.2. The predicted octanol–water partition coefficient (Wildman–Crippen LogP) is 0.844. The maximum absolute atomic E-state index is 9.54. The Labute approximate surface area is 123 Å². The van der Waals surface area contributed by atoms with E-state index in [1.165, 1.54) is 0 Å². The lowest BCUT2D eigenvalue weighted by atomic mass is 10.1. The zero-order valence-electron chi connectivity index (χ0n) is 12.2. The second-order valence-corrected chi connectivity index (χ2v) is 4.70. The van der Waals surface area contributed by atoms with E-state index in [9.17, 15) is 5.11 Å². The number of aliphatic hydroxyl groups excluding tert-OH is 2. The van der Waals surface area contributed by atoms with Crippen LogP contribution in [0.25, 0.3) is 0 Å². The summed E-state index contributed by atoms with van der Waals surface area (Å²) >= 11 is 0. The summed E-state index contributed by atoms with van der Waals surface area (Å²) in [6.07, 6.45) is 3.28. The molecule has 0 aliphatic heterocycles. The summed E-state index contributed by atoms with van der Waals surface area (Å²) in [7, 11) is 3.20. The molecular formula is C15H20N2O4. The molecule has 21 heavy (non-hydrogen) atoms. The van der Waals surface area contributed by atoms with Crippen molar-refractivity contribution >= 4 is 0 Å². The first-order valence-electron chi connectivity index (χ1n) is 6.67. The number of imidazole rings is 1. The zero-order valence-corrected chi connectivity index (χ0v) is 12.2. The molecule has 2 N–H and O–H groups in total. The van der Waals surface area contributed by atoms with Gasteiger partial charge in [-0.3, -0.25) is 0 Å². The standard InChI is InChI=1S/C15H20N2O4/c1-20-13-4-3-11(7-14(13)21-2)8-15-16-5-6-17(15)9-12(19)10-18/h3-7,12,18-19H,8-10H2,1-2H3. The van der Waals surface area contributed by atoms with Gasteiger partial charge in [-0.1, -0.05) is 6.07 Å². The number of aromatic nitrogens is 2. The summed E-state index contributed by atoms with van der Waals surface area (Å²) in [5.74, 6) is 2.17. The van der Waals surface area contributed by atoms with E-state index >= 15 is 0 Å². The Morgan fingerprint density at radius 1 is 1.24 bits per heavy atom. The molecule has 114 valence electrons. The molecule has 1 aromatic heterocycles. The molecule has 2 aromatic rings. The van der Waals surface area contributed by atoms with Gasteiger partial charge in [-0.25, -0.2) is 4.98 Å². The molecule has 0 radical (unpaired) electrons. The Hall–Kier alpha value is -2.05. The van der Waals surface area contributed by atoms with Crippen LogP contribution in [0.5, 0.6) is 11.5 Å². The van der Waals surface area contributed by atoms with Crippen molar-refractivity contribution in [3.63, 3.8) is 0 Å². The van der Waals surface area contributed by atoms with Crippen molar-refractivity contribution in [1.82, 2.24) is 9.55 Å². The van der Waals surface area contributed by atoms with Crippen molar-refractivity contribution < 1.29 is 19.7 Å². The first kappa shape index (κ1) is 15.3. The summed E-state index contributed by atoms with van der Waals surface area (Å²) in [5, 5.41) is 18.5. The van der Waals surface area contributed by atoms with Gasteiger partial charge in [-0.2, -0.15) is 0 Å². The minimum atomic E-state index is -0.789. The third-order valence-electron chi connectivity index (χ3n) is 3.23. The van der Waals surface area contributed by atoms with E-state index in [0.29, 0.717) is 24.5 Å². The maximum Gasteiger partial charge on any atom is 0.161 e. The minimum Gasteiger partial charge on any atom is -0.493 e. The molecule has 0 saturated heterocycles. The Kier molecular flexibility index (Phi) is 5.19. The summed E-state index contributed by atoms with van der Waals surface area (Å²) in [6.45, 7) is 0.0487. The molecule has 6 nitrogen and oxygen atoms in total. The van der Waals surface area contributed by atoms with E-state index in [1.807, 2.05) is 22.8 Å². The van der Waals surface area contributed by atoms with Crippen LogP contribution < -0.4 is 9.47 Å². The highest BCUT2D eigenvalue weighted by Gasteiger charge is 2.10. The monoisotopic (exact) mass is 292 g/mol. The first-order chi connectivity index (χ1) is 10.2. The largest absolute Gasteiger partial charge is 0.493 e. The van der Waals surface area contributed by atoms with Gasteiger partial charge in [-0.15, -0.1) is 0 Å². The van der Waals surface area contributed by atoms with Crippen molar-refractivity contribution in [1.29, 1.82) is 0 Å². The van der Waals surface area contributed by atoms with E-state index in [4.69, 9.17) is 14.6 Å². The van der Waals surface area contributed by atoms with Crippen LogP contribution in [0.2, 0.25) is 0 Å². The van der Waals surface area contributed by atoms with Crippen LogP contribution in [-0.2, 0) is 13.0 Å². The van der Waals surface area contributed by atoms with Crippen molar-refractivity contribution in [2.45, 2.75) is 19.1 Å². The Bertz CT molecular complexity index is 583. The number of hydrogen-bond donors (Lipinski definition) is 2. The Balaban J connectivity index is 2.17. The van der Waals surface area contributed by atoms with Crippen LogP contribution >= 0.6 is 0 Å². The Morgan fingerprint density at radius 3 is 2.67 bits per heavy atom. The highest BCUT2D eigenvalue weighted by Crippen LogP contribution is 2.28. The first-order valence-corrected chi connectivity index (χ1v) is 6.67. The third kappa shape index (κ3) is 3.74. The fourth-order valence-corrected chi connectivity index (χ4v) is 2.13. The average molecular weight is 292 g/mol. The van der Waals surface area contributed by atoms with Crippen molar-refractivity contribution in [2.75, 3.05) is 20.8 Å². The van der Waals surface area contributed by atoms with Crippen LogP contribution in [0.1, 0.15) is 11.4 Å². The topological polar surface area (TPSA) is 76.7 Å². The molecule has 0 aliphatic carbocycles. The second kappa shape index (κ2) is 7.10. The van der Waals surface area contributed by atoms with E-state index in [2.05, 4.69) is 4.98 Å². The molecule has 0 spiro atoms. The molecule has 2 rings (SSSR count). The molecule has 1 atom stereocenters. The van der Waals surface area contributed by atoms with E-state index in [1.54, 1.807) is 26.6 Å². The molecule has 0 fully saturated rings. The fourth-order valence-electron chi connectivity index (χ4n) is 2.13. The van der Waals surface area contributed by atoms with Gasteiger partial charge in [0, 0.05) is 18.8 Å². The number of rotatable bonds is 7. The van der Waals surface area contributed by atoms with Crippen molar-refractivity contribution in [3.8, 4) is 11.5 Å². The van der Waals surface area contributed by atoms with Gasteiger partial charge in [-0.05, 0) is 17.7 Å². The van der Waals surface area contributed by atoms with E-state index < -0.39 is 6.10 Å². The van der Waals surface area contributed by atoms with E-state index in [-0.39, 0.29) is 6.61 Å². The minimum absolute atomic E-state index is 0.270. The van der Waals surface area contributed by atoms with Gasteiger partial charge in [0.1, 0.15) is 5.82 Å². The summed E-state index contributed by atoms with van der Waals surface area (Å²) in [4.78, 5) is 4.30. The highest BCUT2D eigenvalue weighted by molar-refractivity contribution is 5.43. The van der Waals surface area contributed by atoms with Gasteiger partial charge in [0.15, 0.2) is 11.5 Å². The number of hydrogen-bond acceptors (Lipinski definition) is 5. The molecule has 1 heterocycles. The van der Waals surface area contributed by atoms with Crippen LogP contribution in [0.15, 0.2) is 30.6 Å². The molecule has 6 heteroatoms. The quantitative estimate of drug-likeness (QED) is 0.791. The lowest BCUT2D eigenvalue weighted by molar-refractivity contribution is 0.0806. The Morgan fingerprint density at radius 2 is 2.00 bits per heavy atom. The lowest BCUT2D eigenvalue weighted by Gasteiger charge is -2.12. The van der Waals surface area contributed by atoms with Crippen LogP contribution in [0, 0.1) is 0 Å². The summed E-state index contributed by atoms with van der Waals surface area (Å²) in [5.41, 5.74) is 1.03. The molecule has 0 bridgehead atoms. The van der Waals surface area contributed by atoms with Gasteiger partial charge in [0.05, 0.1) is 33.5 Å². The smallest absolute Gasteiger partial charge is 0.161 e. The van der Waals surface area contributed by atoms with E-state index in [0.717, 1.165) is 11.4 Å². The SMILES string of the molecule is COc1ccc(Cc2nccn2CC(O)CO)cc1OC. The van der Waals surface area contributed by atoms with Crippen molar-refractivity contribution in [3.05, 3.63) is 42.0 Å². The molecule has 1 unspecified atom stereocenters. The molecule has 0 saturated carbocycles. The third-order valence-corrected chi connectivity index (χ3v) is 3.23.